The Morgan fingerprint density at radius 1 is 1.33 bits per heavy atom. The van der Waals surface area contributed by atoms with E-state index in [1.807, 2.05) is 36.1 Å². The number of carbonyl (C=O) groups is 1. The molecule has 1 saturated carbocycles. The fourth-order valence-corrected chi connectivity index (χ4v) is 3.36. The summed E-state index contributed by atoms with van der Waals surface area (Å²) in [7, 11) is 0. The van der Waals surface area contributed by atoms with Gasteiger partial charge in [0.2, 0.25) is 0 Å². The standard InChI is InChI=1S/C16H22N2O3/c1-2-20-16(19)18-10-11-3-6-13(18)9-15(11)21-14-7-4-12(17)5-8-14/h4-5,7-8,11,13,15H,2-3,6,9-10,17H2,1H3. The third-order valence-corrected chi connectivity index (χ3v) is 4.44. The molecule has 2 heterocycles. The van der Waals surface area contributed by atoms with Crippen LogP contribution in [0.3, 0.4) is 0 Å². The molecule has 2 aliphatic heterocycles. The van der Waals surface area contributed by atoms with Crippen molar-refractivity contribution in [3.05, 3.63) is 24.3 Å². The molecule has 5 heteroatoms. The predicted octanol–water partition coefficient (Wildman–Crippen LogP) is 2.66. The monoisotopic (exact) mass is 290 g/mol. The summed E-state index contributed by atoms with van der Waals surface area (Å²) >= 11 is 0. The highest BCUT2D eigenvalue weighted by atomic mass is 16.6. The van der Waals surface area contributed by atoms with Gasteiger partial charge < -0.3 is 20.1 Å². The van der Waals surface area contributed by atoms with Crippen LogP contribution in [0.15, 0.2) is 24.3 Å². The Labute approximate surface area is 125 Å². The summed E-state index contributed by atoms with van der Waals surface area (Å²) in [6.45, 7) is 3.01. The first-order valence-electron chi connectivity index (χ1n) is 7.63. The third kappa shape index (κ3) is 2.91. The van der Waals surface area contributed by atoms with Crippen molar-refractivity contribution in [2.45, 2.75) is 38.3 Å². The molecular formula is C16H22N2O3. The molecule has 114 valence electrons. The van der Waals surface area contributed by atoms with Crippen LogP contribution in [-0.2, 0) is 4.74 Å². The molecule has 2 bridgehead atoms. The van der Waals surface area contributed by atoms with Gasteiger partial charge in [-0.15, -0.1) is 0 Å². The predicted molar refractivity (Wildman–Crippen MR) is 80.1 cm³/mol. The van der Waals surface area contributed by atoms with E-state index in [9.17, 15) is 4.79 Å². The van der Waals surface area contributed by atoms with Crippen LogP contribution in [0, 0.1) is 5.92 Å². The van der Waals surface area contributed by atoms with E-state index >= 15 is 0 Å². The van der Waals surface area contributed by atoms with Gasteiger partial charge in [0.1, 0.15) is 11.9 Å². The van der Waals surface area contributed by atoms with Crippen molar-refractivity contribution in [1.82, 2.24) is 4.90 Å². The van der Waals surface area contributed by atoms with Crippen LogP contribution in [-0.4, -0.2) is 36.3 Å². The molecule has 1 aromatic carbocycles. The van der Waals surface area contributed by atoms with E-state index in [0.717, 1.165) is 37.2 Å². The average Bonchev–Trinajstić information content (AvgIpc) is 2.50. The number of benzene rings is 1. The lowest BCUT2D eigenvalue weighted by molar-refractivity contribution is -0.0329. The maximum Gasteiger partial charge on any atom is 0.410 e. The number of anilines is 1. The van der Waals surface area contributed by atoms with Gasteiger partial charge in [0, 0.05) is 30.6 Å². The largest absolute Gasteiger partial charge is 0.490 e. The van der Waals surface area contributed by atoms with Gasteiger partial charge in [-0.1, -0.05) is 0 Å². The number of piperidine rings is 2. The molecule has 21 heavy (non-hydrogen) atoms. The number of rotatable bonds is 3. The number of fused-ring (bicyclic) bond motifs is 3. The van der Waals surface area contributed by atoms with Crippen LogP contribution in [0.25, 0.3) is 0 Å². The van der Waals surface area contributed by atoms with Gasteiger partial charge in [-0.05, 0) is 44.0 Å². The highest BCUT2D eigenvalue weighted by Gasteiger charge is 2.44. The molecule has 0 radical (unpaired) electrons. The van der Waals surface area contributed by atoms with Crippen molar-refractivity contribution < 1.29 is 14.3 Å². The second kappa shape index (κ2) is 5.84. The Morgan fingerprint density at radius 3 is 2.71 bits per heavy atom. The Balaban J connectivity index is 1.64. The minimum atomic E-state index is -0.182. The molecule has 3 atom stereocenters. The summed E-state index contributed by atoms with van der Waals surface area (Å²) < 4.78 is 11.2. The van der Waals surface area contributed by atoms with Gasteiger partial charge in [-0.25, -0.2) is 4.79 Å². The van der Waals surface area contributed by atoms with E-state index in [2.05, 4.69) is 0 Å². The van der Waals surface area contributed by atoms with Crippen molar-refractivity contribution in [3.8, 4) is 5.75 Å². The number of nitrogens with two attached hydrogens (primary N) is 1. The molecule has 5 nitrogen and oxygen atoms in total. The topological polar surface area (TPSA) is 64.8 Å². The number of hydrogen-bond acceptors (Lipinski definition) is 4. The Kier molecular flexibility index (Phi) is 3.90. The molecule has 2 N–H and O–H groups in total. The summed E-state index contributed by atoms with van der Waals surface area (Å²) in [6, 6.07) is 7.75. The molecule has 1 aromatic rings. The molecule has 4 rings (SSSR count). The third-order valence-electron chi connectivity index (χ3n) is 4.44. The maximum absolute atomic E-state index is 11.9. The molecule has 0 aromatic heterocycles. The zero-order chi connectivity index (χ0) is 14.8. The molecule has 0 spiro atoms. The van der Waals surface area contributed by atoms with Gasteiger partial charge in [0.05, 0.1) is 6.61 Å². The van der Waals surface area contributed by atoms with Crippen molar-refractivity contribution >= 4 is 11.8 Å². The fourth-order valence-electron chi connectivity index (χ4n) is 3.36. The van der Waals surface area contributed by atoms with E-state index in [-0.39, 0.29) is 18.2 Å². The van der Waals surface area contributed by atoms with E-state index in [0.29, 0.717) is 12.5 Å². The summed E-state index contributed by atoms with van der Waals surface area (Å²) in [4.78, 5) is 13.8. The van der Waals surface area contributed by atoms with Gasteiger partial charge in [-0.3, -0.25) is 0 Å². The normalized spacial score (nSPS) is 27.5. The van der Waals surface area contributed by atoms with Crippen molar-refractivity contribution in [2.24, 2.45) is 5.92 Å². The average molecular weight is 290 g/mol. The minimum Gasteiger partial charge on any atom is -0.490 e. The molecule has 1 aliphatic carbocycles. The van der Waals surface area contributed by atoms with Crippen LogP contribution in [0.1, 0.15) is 26.2 Å². The zero-order valence-corrected chi connectivity index (χ0v) is 12.3. The van der Waals surface area contributed by atoms with Gasteiger partial charge in [0.25, 0.3) is 0 Å². The summed E-state index contributed by atoms with van der Waals surface area (Å²) in [5.74, 6) is 1.24. The van der Waals surface area contributed by atoms with Crippen molar-refractivity contribution in [1.29, 1.82) is 0 Å². The molecule has 3 fully saturated rings. The van der Waals surface area contributed by atoms with Crippen LogP contribution >= 0.6 is 0 Å². The van der Waals surface area contributed by atoms with E-state index in [4.69, 9.17) is 15.2 Å². The molecule has 3 aliphatic rings. The van der Waals surface area contributed by atoms with Crippen LogP contribution in [0.4, 0.5) is 10.5 Å². The van der Waals surface area contributed by atoms with Crippen molar-refractivity contribution in [3.63, 3.8) is 0 Å². The summed E-state index contributed by atoms with van der Waals surface area (Å²) in [5, 5.41) is 0. The second-order valence-corrected chi connectivity index (χ2v) is 5.80. The van der Waals surface area contributed by atoms with E-state index in [1.165, 1.54) is 0 Å². The highest BCUT2D eigenvalue weighted by Crippen LogP contribution is 2.37. The summed E-state index contributed by atoms with van der Waals surface area (Å²) in [6.07, 6.45) is 3.04. The van der Waals surface area contributed by atoms with Crippen molar-refractivity contribution in [2.75, 3.05) is 18.9 Å². The molecular weight excluding hydrogens is 268 g/mol. The first-order chi connectivity index (χ1) is 10.2. The quantitative estimate of drug-likeness (QED) is 0.869. The van der Waals surface area contributed by atoms with Crippen LogP contribution < -0.4 is 10.5 Å². The number of nitrogen functional groups attached to an aromatic ring is 1. The maximum atomic E-state index is 11.9. The Hall–Kier alpha value is -1.91. The number of amides is 1. The number of hydrogen-bond donors (Lipinski definition) is 1. The molecule has 2 saturated heterocycles. The summed E-state index contributed by atoms with van der Waals surface area (Å²) in [5.41, 5.74) is 6.42. The van der Waals surface area contributed by atoms with Gasteiger partial charge >= 0.3 is 6.09 Å². The van der Waals surface area contributed by atoms with E-state index in [1.54, 1.807) is 0 Å². The number of nitrogens with zero attached hydrogens (tertiary/aromatic N) is 1. The van der Waals surface area contributed by atoms with Crippen LogP contribution in [0.5, 0.6) is 5.75 Å². The zero-order valence-electron chi connectivity index (χ0n) is 12.3. The smallest absolute Gasteiger partial charge is 0.410 e. The first-order valence-corrected chi connectivity index (χ1v) is 7.63. The number of ether oxygens (including phenoxy) is 2. The van der Waals surface area contributed by atoms with E-state index < -0.39 is 0 Å². The SMILES string of the molecule is CCOC(=O)N1CC2CCC1CC2Oc1ccc(N)cc1. The lowest BCUT2D eigenvalue weighted by Gasteiger charge is -2.48. The lowest BCUT2D eigenvalue weighted by Crippen LogP contribution is -2.57. The fraction of sp³-hybridized carbons (Fsp3) is 0.562. The molecule has 1 amide bonds. The first kappa shape index (κ1) is 14.0. The Morgan fingerprint density at radius 2 is 2.10 bits per heavy atom. The minimum absolute atomic E-state index is 0.179. The molecule has 3 unspecified atom stereocenters. The number of carbonyl (C=O) groups excluding carboxylic acids is 1. The van der Waals surface area contributed by atoms with Gasteiger partial charge in [0.15, 0.2) is 0 Å². The highest BCUT2D eigenvalue weighted by molar-refractivity contribution is 5.68. The Bertz CT molecular complexity index is 503. The van der Waals surface area contributed by atoms with Crippen LogP contribution in [0.2, 0.25) is 0 Å². The second-order valence-electron chi connectivity index (χ2n) is 5.80. The lowest BCUT2D eigenvalue weighted by atomic mass is 9.78. The van der Waals surface area contributed by atoms with Gasteiger partial charge in [-0.2, -0.15) is 0 Å².